The molecule has 0 bridgehead atoms. The Kier molecular flexibility index (Phi) is 5.64. The molecule has 4 rings (SSSR count). The third kappa shape index (κ3) is 4.18. The van der Waals surface area contributed by atoms with Crippen LogP contribution in [-0.4, -0.2) is 66.1 Å². The number of rotatable bonds is 3. The van der Waals surface area contributed by atoms with Crippen LogP contribution in [0.15, 0.2) is 42.6 Å². The van der Waals surface area contributed by atoms with Crippen LogP contribution in [0.1, 0.15) is 28.4 Å². The number of hydrogen-bond acceptors (Lipinski definition) is 5. The molecular formula is C22H26N4O3. The van der Waals surface area contributed by atoms with E-state index in [1.165, 1.54) is 11.1 Å². The van der Waals surface area contributed by atoms with Crippen LogP contribution in [0.25, 0.3) is 0 Å². The molecule has 2 aliphatic heterocycles. The Morgan fingerprint density at radius 1 is 1.00 bits per heavy atom. The number of amides is 2. The van der Waals surface area contributed by atoms with Crippen LogP contribution in [0, 0.1) is 0 Å². The Morgan fingerprint density at radius 2 is 1.72 bits per heavy atom. The number of piperazine rings is 1. The smallest absolute Gasteiger partial charge is 0.409 e. The van der Waals surface area contributed by atoms with Gasteiger partial charge in [0.1, 0.15) is 5.82 Å². The molecule has 2 aromatic rings. The zero-order valence-electron chi connectivity index (χ0n) is 16.7. The molecule has 1 saturated heterocycles. The molecule has 0 saturated carbocycles. The molecule has 3 heterocycles. The molecule has 0 spiro atoms. The van der Waals surface area contributed by atoms with E-state index in [0.29, 0.717) is 38.3 Å². The van der Waals surface area contributed by atoms with Gasteiger partial charge in [-0.1, -0.05) is 24.3 Å². The normalized spacial score (nSPS) is 16.4. The quantitative estimate of drug-likeness (QED) is 0.801. The second-order valence-corrected chi connectivity index (χ2v) is 7.32. The van der Waals surface area contributed by atoms with Crippen molar-refractivity contribution >= 4 is 17.8 Å². The van der Waals surface area contributed by atoms with Gasteiger partial charge in [0.25, 0.3) is 5.91 Å². The molecule has 7 nitrogen and oxygen atoms in total. The number of ether oxygens (including phenoxy) is 1. The predicted molar refractivity (Wildman–Crippen MR) is 110 cm³/mol. The maximum Gasteiger partial charge on any atom is 0.409 e. The molecule has 0 radical (unpaired) electrons. The van der Waals surface area contributed by atoms with Gasteiger partial charge >= 0.3 is 6.09 Å². The number of benzene rings is 1. The Hall–Kier alpha value is -3.09. The summed E-state index contributed by atoms with van der Waals surface area (Å²) in [7, 11) is 0. The highest BCUT2D eigenvalue weighted by Gasteiger charge is 2.26. The van der Waals surface area contributed by atoms with Gasteiger partial charge in [-0.15, -0.1) is 0 Å². The lowest BCUT2D eigenvalue weighted by atomic mass is 10.00. The third-order valence-electron chi connectivity index (χ3n) is 5.54. The SMILES string of the molecule is CCOC(=O)N1CCN(C(=O)c2ccnc(N3CCc4ccccc4C3)c2)CC1. The van der Waals surface area contributed by atoms with Crippen molar-refractivity contribution in [2.45, 2.75) is 19.9 Å². The average Bonchev–Trinajstić information content (AvgIpc) is 2.78. The van der Waals surface area contributed by atoms with Crippen LogP contribution in [0.5, 0.6) is 0 Å². The van der Waals surface area contributed by atoms with Crippen molar-refractivity contribution in [3.63, 3.8) is 0 Å². The number of hydrogen-bond donors (Lipinski definition) is 0. The molecule has 2 amide bonds. The topological polar surface area (TPSA) is 66.0 Å². The van der Waals surface area contributed by atoms with E-state index >= 15 is 0 Å². The van der Waals surface area contributed by atoms with E-state index in [1.807, 2.05) is 6.07 Å². The van der Waals surface area contributed by atoms with Crippen LogP contribution >= 0.6 is 0 Å². The average molecular weight is 394 g/mol. The minimum Gasteiger partial charge on any atom is -0.450 e. The molecule has 29 heavy (non-hydrogen) atoms. The van der Waals surface area contributed by atoms with Gasteiger partial charge in [0.15, 0.2) is 0 Å². The Labute approximate surface area is 170 Å². The standard InChI is InChI=1S/C22H26N4O3/c1-2-29-22(28)25-13-11-24(12-14-25)21(27)18-7-9-23-20(15-18)26-10-8-17-5-3-4-6-19(17)16-26/h3-7,9,15H,2,8,10-14,16H2,1H3. The van der Waals surface area contributed by atoms with Crippen molar-refractivity contribution in [1.29, 1.82) is 0 Å². The molecule has 1 fully saturated rings. The first-order valence-corrected chi connectivity index (χ1v) is 10.1. The highest BCUT2D eigenvalue weighted by Crippen LogP contribution is 2.24. The summed E-state index contributed by atoms with van der Waals surface area (Å²) in [4.78, 5) is 35.0. The summed E-state index contributed by atoms with van der Waals surface area (Å²) in [6.45, 7) is 5.84. The fourth-order valence-electron chi connectivity index (χ4n) is 3.91. The fourth-order valence-corrected chi connectivity index (χ4v) is 3.91. The van der Waals surface area contributed by atoms with Crippen molar-refractivity contribution in [2.75, 3.05) is 44.2 Å². The van der Waals surface area contributed by atoms with Gasteiger partial charge in [-0.2, -0.15) is 0 Å². The summed E-state index contributed by atoms with van der Waals surface area (Å²) in [5, 5.41) is 0. The zero-order chi connectivity index (χ0) is 20.2. The van der Waals surface area contributed by atoms with Gasteiger partial charge in [0, 0.05) is 51.0 Å². The number of pyridine rings is 1. The summed E-state index contributed by atoms with van der Waals surface area (Å²) < 4.78 is 5.04. The van der Waals surface area contributed by atoms with E-state index < -0.39 is 0 Å². The molecule has 0 N–H and O–H groups in total. The summed E-state index contributed by atoms with van der Waals surface area (Å²) in [5.74, 6) is 0.810. The lowest BCUT2D eigenvalue weighted by molar-refractivity contribution is 0.0570. The van der Waals surface area contributed by atoms with Gasteiger partial charge in [-0.05, 0) is 36.6 Å². The second-order valence-electron chi connectivity index (χ2n) is 7.32. The van der Waals surface area contributed by atoms with Crippen LogP contribution in [-0.2, 0) is 17.7 Å². The lowest BCUT2D eigenvalue weighted by Crippen LogP contribution is -2.50. The summed E-state index contributed by atoms with van der Waals surface area (Å²) in [5.41, 5.74) is 3.33. The summed E-state index contributed by atoms with van der Waals surface area (Å²) in [6, 6.07) is 12.1. The zero-order valence-corrected chi connectivity index (χ0v) is 16.7. The van der Waals surface area contributed by atoms with Gasteiger partial charge in [-0.3, -0.25) is 4.79 Å². The molecule has 7 heteroatoms. The third-order valence-corrected chi connectivity index (χ3v) is 5.54. The monoisotopic (exact) mass is 394 g/mol. The van der Waals surface area contributed by atoms with E-state index in [9.17, 15) is 9.59 Å². The lowest BCUT2D eigenvalue weighted by Gasteiger charge is -2.34. The molecule has 0 unspecified atom stereocenters. The van der Waals surface area contributed by atoms with E-state index in [0.717, 1.165) is 25.3 Å². The van der Waals surface area contributed by atoms with Crippen LogP contribution in [0.4, 0.5) is 10.6 Å². The van der Waals surface area contributed by atoms with Gasteiger partial charge in [0.2, 0.25) is 0 Å². The molecular weight excluding hydrogens is 368 g/mol. The first-order valence-electron chi connectivity index (χ1n) is 10.1. The fraction of sp³-hybridized carbons (Fsp3) is 0.409. The minimum atomic E-state index is -0.309. The Bertz CT molecular complexity index is 893. The summed E-state index contributed by atoms with van der Waals surface area (Å²) >= 11 is 0. The maximum atomic E-state index is 13.0. The summed E-state index contributed by atoms with van der Waals surface area (Å²) in [6.07, 6.45) is 2.38. The first kappa shape index (κ1) is 19.2. The molecule has 152 valence electrons. The second kappa shape index (κ2) is 8.51. The van der Waals surface area contributed by atoms with E-state index in [-0.39, 0.29) is 12.0 Å². The molecule has 1 aromatic carbocycles. The van der Waals surface area contributed by atoms with Crippen LogP contribution in [0.3, 0.4) is 0 Å². The molecule has 2 aliphatic rings. The predicted octanol–water partition coefficient (Wildman–Crippen LogP) is 2.56. The van der Waals surface area contributed by atoms with Crippen molar-refractivity contribution in [2.24, 2.45) is 0 Å². The van der Waals surface area contributed by atoms with E-state index in [1.54, 1.807) is 29.0 Å². The van der Waals surface area contributed by atoms with Crippen molar-refractivity contribution in [1.82, 2.24) is 14.8 Å². The Balaban J connectivity index is 1.42. The molecule has 1 aromatic heterocycles. The van der Waals surface area contributed by atoms with Crippen molar-refractivity contribution in [3.05, 3.63) is 59.3 Å². The highest BCUT2D eigenvalue weighted by molar-refractivity contribution is 5.95. The number of aromatic nitrogens is 1. The first-order chi connectivity index (χ1) is 14.2. The van der Waals surface area contributed by atoms with E-state index in [2.05, 4.69) is 34.1 Å². The number of nitrogens with zero attached hydrogens (tertiary/aromatic N) is 4. The van der Waals surface area contributed by atoms with Crippen LogP contribution in [0.2, 0.25) is 0 Å². The van der Waals surface area contributed by atoms with Gasteiger partial charge in [0.05, 0.1) is 6.61 Å². The Morgan fingerprint density at radius 3 is 2.48 bits per heavy atom. The number of carbonyl (C=O) groups excluding carboxylic acids is 2. The van der Waals surface area contributed by atoms with Crippen molar-refractivity contribution < 1.29 is 14.3 Å². The maximum absolute atomic E-state index is 13.0. The molecule has 0 atom stereocenters. The van der Waals surface area contributed by atoms with Crippen LogP contribution < -0.4 is 4.90 Å². The highest BCUT2D eigenvalue weighted by atomic mass is 16.6. The number of anilines is 1. The van der Waals surface area contributed by atoms with Crippen molar-refractivity contribution in [3.8, 4) is 0 Å². The van der Waals surface area contributed by atoms with Gasteiger partial charge < -0.3 is 19.4 Å². The number of carbonyl (C=O) groups is 2. The molecule has 0 aliphatic carbocycles. The van der Waals surface area contributed by atoms with Gasteiger partial charge in [-0.25, -0.2) is 9.78 Å². The largest absolute Gasteiger partial charge is 0.450 e. The number of fused-ring (bicyclic) bond motifs is 1. The van der Waals surface area contributed by atoms with E-state index in [4.69, 9.17) is 4.74 Å². The minimum absolute atomic E-state index is 0.0189.